The number of carbonyl (C=O) groups is 1. The maximum Gasteiger partial charge on any atom is 0.335 e. The van der Waals surface area contributed by atoms with Crippen LogP contribution in [0.5, 0.6) is 11.5 Å². The number of nitrogen functional groups attached to an aromatic ring is 2. The lowest BCUT2D eigenvalue weighted by atomic mass is 9.99. The zero-order chi connectivity index (χ0) is 22.0. The summed E-state index contributed by atoms with van der Waals surface area (Å²) >= 11 is 0. The number of carboxylic acid groups (broad SMARTS) is 1. The fraction of sp³-hybridized carbons (Fsp3) is 0.174. The SMILES string of the molecule is CCc1nc(N)nc(N)c1C#CCc1cc2c(c(-c3ccc(C(=O)O)cc3)c1)OCO2. The molecule has 0 bridgehead atoms. The molecule has 8 heteroatoms. The van der Waals surface area contributed by atoms with E-state index in [2.05, 4.69) is 21.8 Å². The van der Waals surface area contributed by atoms with Crippen LogP contribution >= 0.6 is 0 Å². The van der Waals surface area contributed by atoms with Crippen molar-refractivity contribution in [2.24, 2.45) is 0 Å². The van der Waals surface area contributed by atoms with Gasteiger partial charge >= 0.3 is 5.97 Å². The monoisotopic (exact) mass is 416 g/mol. The number of aryl methyl sites for hydroxylation is 1. The van der Waals surface area contributed by atoms with Crippen LogP contribution in [0.4, 0.5) is 11.8 Å². The van der Waals surface area contributed by atoms with E-state index < -0.39 is 5.97 Å². The number of fused-ring (bicyclic) bond motifs is 1. The zero-order valence-electron chi connectivity index (χ0n) is 16.8. The quantitative estimate of drug-likeness (QED) is 0.553. The van der Waals surface area contributed by atoms with Gasteiger partial charge in [-0.1, -0.05) is 30.9 Å². The number of hydrogen-bond acceptors (Lipinski definition) is 7. The van der Waals surface area contributed by atoms with E-state index in [0.29, 0.717) is 35.6 Å². The van der Waals surface area contributed by atoms with Crippen LogP contribution in [0.2, 0.25) is 0 Å². The van der Waals surface area contributed by atoms with Crippen LogP contribution in [0, 0.1) is 11.8 Å². The molecule has 5 N–H and O–H groups in total. The van der Waals surface area contributed by atoms with Crippen LogP contribution < -0.4 is 20.9 Å². The average Bonchev–Trinajstić information content (AvgIpc) is 3.23. The number of nitrogens with zero attached hydrogens (tertiary/aromatic N) is 2. The minimum atomic E-state index is -0.974. The molecular formula is C23H20N4O4. The molecule has 0 radical (unpaired) electrons. The van der Waals surface area contributed by atoms with Crippen molar-refractivity contribution < 1.29 is 19.4 Å². The van der Waals surface area contributed by atoms with Crippen LogP contribution in [0.3, 0.4) is 0 Å². The van der Waals surface area contributed by atoms with Gasteiger partial charge in [-0.2, -0.15) is 4.98 Å². The summed E-state index contributed by atoms with van der Waals surface area (Å²) in [4.78, 5) is 19.3. The molecule has 156 valence electrons. The number of anilines is 2. The number of benzene rings is 2. The maximum atomic E-state index is 11.1. The smallest absolute Gasteiger partial charge is 0.335 e. The Labute approximate surface area is 178 Å². The maximum absolute atomic E-state index is 11.1. The van der Waals surface area contributed by atoms with Gasteiger partial charge in [0.1, 0.15) is 5.82 Å². The summed E-state index contributed by atoms with van der Waals surface area (Å²) in [5.74, 6) is 6.86. The van der Waals surface area contributed by atoms with Crippen molar-refractivity contribution in [1.82, 2.24) is 9.97 Å². The third-order valence-electron chi connectivity index (χ3n) is 4.85. The van der Waals surface area contributed by atoms with E-state index in [0.717, 1.165) is 16.7 Å². The number of carboxylic acids is 1. The van der Waals surface area contributed by atoms with Crippen LogP contribution in [-0.4, -0.2) is 27.8 Å². The average molecular weight is 416 g/mol. The van der Waals surface area contributed by atoms with Gasteiger partial charge in [-0.15, -0.1) is 0 Å². The second-order valence-corrected chi connectivity index (χ2v) is 6.88. The number of hydrogen-bond donors (Lipinski definition) is 3. The molecule has 2 heterocycles. The summed E-state index contributed by atoms with van der Waals surface area (Å²) in [6.45, 7) is 2.08. The predicted molar refractivity (Wildman–Crippen MR) is 116 cm³/mol. The molecule has 1 aliphatic heterocycles. The first kappa shape index (κ1) is 20.0. The normalized spacial score (nSPS) is 11.6. The molecule has 1 aromatic heterocycles. The Kier molecular flexibility index (Phi) is 5.33. The van der Waals surface area contributed by atoms with Crippen molar-refractivity contribution >= 4 is 17.7 Å². The lowest BCUT2D eigenvalue weighted by molar-refractivity contribution is 0.0697. The molecule has 4 rings (SSSR count). The Morgan fingerprint density at radius 3 is 2.65 bits per heavy atom. The number of aromatic nitrogens is 2. The third kappa shape index (κ3) is 4.07. The van der Waals surface area contributed by atoms with Gasteiger partial charge in [-0.25, -0.2) is 9.78 Å². The number of aromatic carboxylic acids is 1. The van der Waals surface area contributed by atoms with Crippen LogP contribution in [0.25, 0.3) is 11.1 Å². The van der Waals surface area contributed by atoms with E-state index in [1.54, 1.807) is 24.3 Å². The summed E-state index contributed by atoms with van der Waals surface area (Å²) in [5, 5.41) is 9.12. The minimum absolute atomic E-state index is 0.129. The van der Waals surface area contributed by atoms with Crippen molar-refractivity contribution in [3.05, 3.63) is 58.8 Å². The minimum Gasteiger partial charge on any atom is -0.478 e. The molecule has 0 spiro atoms. The highest BCUT2D eigenvalue weighted by atomic mass is 16.7. The third-order valence-corrected chi connectivity index (χ3v) is 4.85. The van der Waals surface area contributed by atoms with Gasteiger partial charge in [0, 0.05) is 12.0 Å². The molecule has 0 fully saturated rings. The number of nitrogens with two attached hydrogens (primary N) is 2. The Hall–Kier alpha value is -4.25. The van der Waals surface area contributed by atoms with Gasteiger partial charge in [-0.05, 0) is 41.8 Å². The lowest BCUT2D eigenvalue weighted by Gasteiger charge is -2.09. The molecule has 0 amide bonds. The lowest BCUT2D eigenvalue weighted by Crippen LogP contribution is -2.06. The molecule has 0 unspecified atom stereocenters. The van der Waals surface area contributed by atoms with Gasteiger partial charge in [0.25, 0.3) is 0 Å². The molecule has 3 aromatic rings. The zero-order valence-corrected chi connectivity index (χ0v) is 16.8. The van der Waals surface area contributed by atoms with Crippen LogP contribution in [0.15, 0.2) is 36.4 Å². The van der Waals surface area contributed by atoms with Gasteiger partial charge < -0.3 is 26.0 Å². The molecule has 8 nitrogen and oxygen atoms in total. The van der Waals surface area contributed by atoms with Crippen molar-refractivity contribution in [2.45, 2.75) is 19.8 Å². The van der Waals surface area contributed by atoms with Crippen molar-refractivity contribution in [3.63, 3.8) is 0 Å². The second-order valence-electron chi connectivity index (χ2n) is 6.88. The van der Waals surface area contributed by atoms with Gasteiger partial charge in [-0.3, -0.25) is 0 Å². The standard InChI is InChI=1S/C23H20N4O4/c1-2-18-16(21(24)27-23(25)26-18)5-3-4-13-10-17(20-19(11-13)30-12-31-20)14-6-8-15(9-7-14)22(28)29/h6-11H,2,4,12H2,1H3,(H,28,29)(H4,24,25,26,27). The van der Waals surface area contributed by atoms with E-state index in [1.165, 1.54) is 0 Å². The van der Waals surface area contributed by atoms with Crippen LogP contribution in [0.1, 0.15) is 34.1 Å². The van der Waals surface area contributed by atoms with Crippen molar-refractivity contribution in [2.75, 3.05) is 18.3 Å². The highest BCUT2D eigenvalue weighted by Gasteiger charge is 2.20. The Morgan fingerprint density at radius 2 is 1.94 bits per heavy atom. The summed E-state index contributed by atoms with van der Waals surface area (Å²) in [5.41, 5.74) is 15.7. The largest absolute Gasteiger partial charge is 0.478 e. The topological polar surface area (TPSA) is 134 Å². The van der Waals surface area contributed by atoms with E-state index in [-0.39, 0.29) is 24.1 Å². The number of ether oxygens (including phenoxy) is 2. The second kappa shape index (κ2) is 8.24. The summed E-state index contributed by atoms with van der Waals surface area (Å²) < 4.78 is 11.2. The molecule has 2 aromatic carbocycles. The predicted octanol–water partition coefficient (Wildman–Crippen LogP) is 2.89. The van der Waals surface area contributed by atoms with Crippen molar-refractivity contribution in [3.8, 4) is 34.5 Å². The Bertz CT molecular complexity index is 1230. The first-order valence-electron chi connectivity index (χ1n) is 9.63. The van der Waals surface area contributed by atoms with Crippen molar-refractivity contribution in [1.29, 1.82) is 0 Å². The summed E-state index contributed by atoms with van der Waals surface area (Å²) in [6.07, 6.45) is 1.07. The molecule has 0 aliphatic carbocycles. The first-order valence-corrected chi connectivity index (χ1v) is 9.63. The summed E-state index contributed by atoms with van der Waals surface area (Å²) in [6, 6.07) is 10.5. The van der Waals surface area contributed by atoms with Gasteiger partial charge in [0.15, 0.2) is 11.5 Å². The fourth-order valence-electron chi connectivity index (χ4n) is 3.35. The fourth-order valence-corrected chi connectivity index (χ4v) is 3.35. The molecular weight excluding hydrogens is 396 g/mol. The summed E-state index contributed by atoms with van der Waals surface area (Å²) in [7, 11) is 0. The molecule has 31 heavy (non-hydrogen) atoms. The highest BCUT2D eigenvalue weighted by Crippen LogP contribution is 2.42. The van der Waals surface area contributed by atoms with E-state index in [9.17, 15) is 4.79 Å². The Balaban J connectivity index is 1.67. The molecule has 0 saturated heterocycles. The molecule has 1 aliphatic rings. The Morgan fingerprint density at radius 1 is 1.16 bits per heavy atom. The van der Waals surface area contributed by atoms with Gasteiger partial charge in [0.05, 0.1) is 16.8 Å². The number of rotatable bonds is 4. The van der Waals surface area contributed by atoms with E-state index >= 15 is 0 Å². The first-order chi connectivity index (χ1) is 15.0. The van der Waals surface area contributed by atoms with Gasteiger partial charge in [0.2, 0.25) is 12.7 Å². The highest BCUT2D eigenvalue weighted by molar-refractivity contribution is 5.88. The molecule has 0 saturated carbocycles. The van der Waals surface area contributed by atoms with Crippen LogP contribution in [-0.2, 0) is 12.8 Å². The van der Waals surface area contributed by atoms with E-state index in [1.807, 2.05) is 19.1 Å². The molecule has 0 atom stereocenters. The van der Waals surface area contributed by atoms with E-state index in [4.69, 9.17) is 26.0 Å².